The molecule has 1 aromatic carbocycles. The van der Waals surface area contributed by atoms with Crippen LogP contribution in [0.5, 0.6) is 5.75 Å². The highest BCUT2D eigenvalue weighted by molar-refractivity contribution is 5.99. The molecule has 0 saturated carbocycles. The Labute approximate surface area is 220 Å². The van der Waals surface area contributed by atoms with E-state index in [0.717, 1.165) is 19.3 Å². The molecule has 0 saturated heterocycles. The van der Waals surface area contributed by atoms with Crippen LogP contribution in [0.25, 0.3) is 0 Å². The van der Waals surface area contributed by atoms with Gasteiger partial charge in [0, 0.05) is 46.5 Å². The summed E-state index contributed by atoms with van der Waals surface area (Å²) in [4.78, 5) is 44.8. The highest BCUT2D eigenvalue weighted by Gasteiger charge is 2.31. The van der Waals surface area contributed by atoms with Crippen molar-refractivity contribution >= 4 is 17.7 Å². The van der Waals surface area contributed by atoms with E-state index in [1.807, 2.05) is 39.1 Å². The van der Waals surface area contributed by atoms with E-state index in [0.29, 0.717) is 56.0 Å². The molecule has 0 fully saturated rings. The summed E-state index contributed by atoms with van der Waals surface area (Å²) >= 11 is 0. The van der Waals surface area contributed by atoms with Crippen LogP contribution in [0.3, 0.4) is 0 Å². The molecule has 0 bridgehead atoms. The molecule has 1 aliphatic rings. The predicted octanol–water partition coefficient (Wildman–Crippen LogP) is 3.87. The topological polar surface area (TPSA) is 88.0 Å². The van der Waals surface area contributed by atoms with Crippen molar-refractivity contribution in [2.24, 2.45) is 0 Å². The molecule has 1 aliphatic heterocycles. The molecular formula is C28H41N5O4. The number of para-hydroxylation sites is 1. The fraction of sp³-hybridized carbons (Fsp3) is 0.571. The first-order valence-electron chi connectivity index (χ1n) is 13.2. The third-order valence-electron chi connectivity index (χ3n) is 6.91. The molecule has 0 aliphatic carbocycles. The van der Waals surface area contributed by atoms with Gasteiger partial charge < -0.3 is 19.4 Å². The first-order valence-corrected chi connectivity index (χ1v) is 13.2. The Balaban J connectivity index is 1.68. The van der Waals surface area contributed by atoms with Crippen molar-refractivity contribution in [3.8, 4) is 5.75 Å². The second-order valence-electron chi connectivity index (χ2n) is 10.1. The Bertz CT molecular complexity index is 1070. The second-order valence-corrected chi connectivity index (χ2v) is 10.1. The molecule has 0 N–H and O–H groups in total. The summed E-state index contributed by atoms with van der Waals surface area (Å²) in [6.07, 6.45) is 6.27. The van der Waals surface area contributed by atoms with E-state index in [9.17, 15) is 14.4 Å². The fourth-order valence-electron chi connectivity index (χ4n) is 4.64. The summed E-state index contributed by atoms with van der Waals surface area (Å²) in [5, 5.41) is 4.25. The van der Waals surface area contributed by atoms with Crippen LogP contribution in [0, 0.1) is 0 Å². The fourth-order valence-corrected chi connectivity index (χ4v) is 4.64. The maximum absolute atomic E-state index is 13.5. The van der Waals surface area contributed by atoms with E-state index in [2.05, 4.69) is 5.10 Å². The molecule has 9 nitrogen and oxygen atoms in total. The minimum atomic E-state index is -0.588. The predicted molar refractivity (Wildman–Crippen MR) is 143 cm³/mol. The van der Waals surface area contributed by atoms with Crippen molar-refractivity contribution in [1.82, 2.24) is 24.5 Å². The van der Waals surface area contributed by atoms with Crippen molar-refractivity contribution in [3.05, 3.63) is 47.8 Å². The molecule has 2 heterocycles. The zero-order valence-corrected chi connectivity index (χ0v) is 22.9. The SMILES string of the molecule is CC(C)n1nccc1C(=O)N(C)CCCC[C@H]1C(=O)N(C)CCCCCOc2ccccc2C(=O)N1C. The molecule has 2 aromatic rings. The summed E-state index contributed by atoms with van der Waals surface area (Å²) in [7, 11) is 5.28. The molecule has 0 radical (unpaired) electrons. The van der Waals surface area contributed by atoms with Gasteiger partial charge in [0.2, 0.25) is 5.91 Å². The van der Waals surface area contributed by atoms with Gasteiger partial charge >= 0.3 is 0 Å². The number of ether oxygens (including phenoxy) is 1. The zero-order valence-electron chi connectivity index (χ0n) is 22.9. The van der Waals surface area contributed by atoms with Gasteiger partial charge in [-0.05, 0) is 70.6 Å². The third kappa shape index (κ3) is 7.11. The molecule has 202 valence electrons. The highest BCUT2D eigenvalue weighted by atomic mass is 16.5. The number of nitrogens with zero attached hydrogens (tertiary/aromatic N) is 5. The summed E-state index contributed by atoms with van der Waals surface area (Å²) in [5.41, 5.74) is 1.03. The molecule has 9 heteroatoms. The van der Waals surface area contributed by atoms with Crippen molar-refractivity contribution in [1.29, 1.82) is 0 Å². The Kier molecular flexibility index (Phi) is 10.1. The number of amides is 3. The van der Waals surface area contributed by atoms with Crippen molar-refractivity contribution in [3.63, 3.8) is 0 Å². The van der Waals surface area contributed by atoms with Gasteiger partial charge in [0.1, 0.15) is 17.5 Å². The van der Waals surface area contributed by atoms with Crippen LogP contribution >= 0.6 is 0 Å². The normalized spacial score (nSPS) is 17.5. The Morgan fingerprint density at radius 3 is 2.62 bits per heavy atom. The standard InChI is InChI=1S/C28H41N5O4/c1-21(2)33-24(16-17-29-33)28(36)31(4)19-11-9-14-23-27(35)30(3)18-10-6-12-20-37-25-15-8-7-13-22(25)26(34)32(23)5/h7-8,13,15-17,21,23H,6,9-12,14,18-20H2,1-5H3/t23-/m0/s1. The number of carbonyl (C=O) groups is 3. The number of hydrogen-bond acceptors (Lipinski definition) is 5. The number of likely N-dealkylation sites (N-methyl/N-ethyl adjacent to an activating group) is 2. The van der Waals surface area contributed by atoms with Crippen LogP contribution in [0.1, 0.15) is 79.3 Å². The van der Waals surface area contributed by atoms with Gasteiger partial charge in [-0.1, -0.05) is 12.1 Å². The van der Waals surface area contributed by atoms with Gasteiger partial charge in [-0.15, -0.1) is 0 Å². The lowest BCUT2D eigenvalue weighted by molar-refractivity contribution is -0.134. The summed E-state index contributed by atoms with van der Waals surface area (Å²) in [6.45, 7) is 5.72. The molecule has 3 rings (SSSR count). The van der Waals surface area contributed by atoms with Gasteiger partial charge in [-0.25, -0.2) is 0 Å². The minimum Gasteiger partial charge on any atom is -0.493 e. The Hall–Kier alpha value is -3.36. The lowest BCUT2D eigenvalue weighted by Gasteiger charge is -2.31. The largest absolute Gasteiger partial charge is 0.493 e. The van der Waals surface area contributed by atoms with Crippen molar-refractivity contribution < 1.29 is 19.1 Å². The van der Waals surface area contributed by atoms with Crippen LogP contribution in [-0.4, -0.2) is 89.1 Å². The molecular weight excluding hydrogens is 470 g/mol. The van der Waals surface area contributed by atoms with E-state index < -0.39 is 6.04 Å². The summed E-state index contributed by atoms with van der Waals surface area (Å²) < 4.78 is 7.64. The monoisotopic (exact) mass is 511 g/mol. The van der Waals surface area contributed by atoms with Gasteiger partial charge in [-0.2, -0.15) is 5.10 Å². The Morgan fingerprint density at radius 2 is 1.86 bits per heavy atom. The molecule has 37 heavy (non-hydrogen) atoms. The van der Waals surface area contributed by atoms with Crippen LogP contribution in [-0.2, 0) is 4.79 Å². The number of rotatable bonds is 7. The maximum atomic E-state index is 13.5. The minimum absolute atomic E-state index is 0.0567. The smallest absolute Gasteiger partial charge is 0.271 e. The number of hydrogen-bond donors (Lipinski definition) is 0. The molecule has 0 unspecified atom stereocenters. The van der Waals surface area contributed by atoms with E-state index in [4.69, 9.17) is 4.74 Å². The van der Waals surface area contributed by atoms with Crippen molar-refractivity contribution in [2.75, 3.05) is 40.8 Å². The van der Waals surface area contributed by atoms with Crippen LogP contribution in [0.4, 0.5) is 0 Å². The highest BCUT2D eigenvalue weighted by Crippen LogP contribution is 2.23. The Morgan fingerprint density at radius 1 is 1.11 bits per heavy atom. The number of carbonyl (C=O) groups excluding carboxylic acids is 3. The summed E-state index contributed by atoms with van der Waals surface area (Å²) in [6, 6.07) is 8.47. The first kappa shape index (κ1) is 28.2. The first-order chi connectivity index (χ1) is 17.7. The number of aromatic nitrogens is 2. The third-order valence-corrected chi connectivity index (χ3v) is 6.91. The van der Waals surface area contributed by atoms with Gasteiger partial charge in [0.05, 0.1) is 12.2 Å². The number of fused-ring (bicyclic) bond motifs is 1. The van der Waals surface area contributed by atoms with E-state index in [-0.39, 0.29) is 23.8 Å². The van der Waals surface area contributed by atoms with E-state index >= 15 is 0 Å². The average molecular weight is 512 g/mol. The average Bonchev–Trinajstić information content (AvgIpc) is 3.39. The molecule has 0 spiro atoms. The van der Waals surface area contributed by atoms with Crippen molar-refractivity contribution in [2.45, 2.75) is 64.5 Å². The second kappa shape index (κ2) is 13.3. The van der Waals surface area contributed by atoms with Gasteiger partial charge in [-0.3, -0.25) is 19.1 Å². The molecule has 1 atom stereocenters. The lowest BCUT2D eigenvalue weighted by atomic mass is 10.0. The van der Waals surface area contributed by atoms with Crippen LogP contribution in [0.15, 0.2) is 36.5 Å². The van der Waals surface area contributed by atoms with Gasteiger partial charge in [0.25, 0.3) is 11.8 Å². The van der Waals surface area contributed by atoms with E-state index in [1.54, 1.807) is 51.8 Å². The van der Waals surface area contributed by atoms with Crippen LogP contribution in [0.2, 0.25) is 0 Å². The van der Waals surface area contributed by atoms with Gasteiger partial charge in [0.15, 0.2) is 0 Å². The van der Waals surface area contributed by atoms with Crippen LogP contribution < -0.4 is 4.74 Å². The molecule has 3 amide bonds. The summed E-state index contributed by atoms with van der Waals surface area (Å²) in [5.74, 6) is 0.196. The number of benzene rings is 1. The maximum Gasteiger partial charge on any atom is 0.271 e. The number of unbranched alkanes of at least 4 members (excludes halogenated alkanes) is 1. The molecule has 1 aromatic heterocycles. The lowest BCUT2D eigenvalue weighted by Crippen LogP contribution is -2.48. The quantitative estimate of drug-likeness (QED) is 0.527. The van der Waals surface area contributed by atoms with E-state index in [1.165, 1.54) is 0 Å². The zero-order chi connectivity index (χ0) is 26.9.